The minimum Gasteiger partial charge on any atom is -0.323 e. The van der Waals surface area contributed by atoms with E-state index in [1.54, 1.807) is 48.3 Å². The Kier molecular flexibility index (Phi) is 5.01. The van der Waals surface area contributed by atoms with E-state index in [0.29, 0.717) is 22.4 Å². The molecule has 0 atom stereocenters. The zero-order valence-electron chi connectivity index (χ0n) is 17.9. The number of halogens is 2. The molecule has 0 aliphatic carbocycles. The van der Waals surface area contributed by atoms with Crippen LogP contribution in [-0.2, 0) is 7.05 Å². The van der Waals surface area contributed by atoms with Gasteiger partial charge in [0.25, 0.3) is 0 Å². The van der Waals surface area contributed by atoms with Crippen molar-refractivity contribution in [2.45, 2.75) is 6.92 Å². The van der Waals surface area contributed by atoms with E-state index >= 15 is 0 Å². The number of pyridine rings is 2. The number of carbonyl (C=O) groups is 1. The Hall–Kier alpha value is -4.26. The highest BCUT2D eigenvalue weighted by Gasteiger charge is 2.24. The van der Waals surface area contributed by atoms with E-state index in [1.165, 1.54) is 31.2 Å². The molecule has 0 aliphatic heterocycles. The van der Waals surface area contributed by atoms with Crippen LogP contribution in [0, 0.1) is 11.6 Å². The Labute approximate surface area is 188 Å². The summed E-state index contributed by atoms with van der Waals surface area (Å²) in [6.45, 7) is 1.45. The highest BCUT2D eigenvalue weighted by atomic mass is 19.1. The summed E-state index contributed by atoms with van der Waals surface area (Å²) in [6, 6.07) is 15.9. The van der Waals surface area contributed by atoms with Crippen LogP contribution in [0.2, 0.25) is 0 Å². The molecule has 0 saturated carbocycles. The standard InChI is InChI=1S/C26H18F2N4O/c1-15(33)26-31-25-24(32(26)2)22(16-3-7-19(27)8-4-16)21(17-11-13-29-14-12-17)23(30-25)18-5-9-20(28)10-6-18/h3-14H,1-2H3. The topological polar surface area (TPSA) is 60.7 Å². The number of aromatic nitrogens is 4. The third-order valence-electron chi connectivity index (χ3n) is 5.55. The molecule has 3 aromatic heterocycles. The van der Waals surface area contributed by atoms with Crippen molar-refractivity contribution in [2.24, 2.45) is 7.05 Å². The van der Waals surface area contributed by atoms with E-state index in [2.05, 4.69) is 9.97 Å². The zero-order valence-corrected chi connectivity index (χ0v) is 17.9. The largest absolute Gasteiger partial charge is 0.323 e. The number of nitrogens with zero attached hydrogens (tertiary/aromatic N) is 4. The van der Waals surface area contributed by atoms with E-state index in [9.17, 15) is 13.6 Å². The number of carbonyl (C=O) groups excluding carboxylic acids is 1. The lowest BCUT2D eigenvalue weighted by Crippen LogP contribution is -2.04. The van der Waals surface area contributed by atoms with E-state index in [1.807, 2.05) is 12.1 Å². The monoisotopic (exact) mass is 440 g/mol. The second-order valence-electron chi connectivity index (χ2n) is 7.68. The van der Waals surface area contributed by atoms with Crippen LogP contribution in [0.3, 0.4) is 0 Å². The summed E-state index contributed by atoms with van der Waals surface area (Å²) in [5.74, 6) is -0.657. The highest BCUT2D eigenvalue weighted by Crippen LogP contribution is 2.43. The molecule has 3 heterocycles. The first kappa shape index (κ1) is 20.6. The number of hydrogen-bond donors (Lipinski definition) is 0. The molecule has 0 N–H and O–H groups in total. The number of imidazole rings is 1. The molecule has 0 amide bonds. The lowest BCUT2D eigenvalue weighted by molar-refractivity contribution is 0.100. The van der Waals surface area contributed by atoms with Gasteiger partial charge in [0.05, 0.1) is 11.2 Å². The summed E-state index contributed by atoms with van der Waals surface area (Å²) < 4.78 is 29.2. The molecule has 5 aromatic rings. The Morgan fingerprint density at radius 2 is 1.30 bits per heavy atom. The fraction of sp³-hybridized carbons (Fsp3) is 0.0769. The third-order valence-corrected chi connectivity index (χ3v) is 5.55. The third kappa shape index (κ3) is 3.57. The molecular weight excluding hydrogens is 422 g/mol. The molecule has 0 spiro atoms. The molecule has 7 heteroatoms. The van der Waals surface area contributed by atoms with Crippen molar-refractivity contribution in [1.29, 1.82) is 0 Å². The molecule has 5 rings (SSSR count). The van der Waals surface area contributed by atoms with Crippen molar-refractivity contribution < 1.29 is 13.6 Å². The summed E-state index contributed by atoms with van der Waals surface area (Å²) in [7, 11) is 1.76. The highest BCUT2D eigenvalue weighted by molar-refractivity contribution is 6.06. The molecule has 5 nitrogen and oxygen atoms in total. The lowest BCUT2D eigenvalue weighted by Gasteiger charge is -2.17. The number of rotatable bonds is 4. The van der Waals surface area contributed by atoms with Gasteiger partial charge in [0.15, 0.2) is 17.3 Å². The van der Waals surface area contributed by atoms with Gasteiger partial charge in [0.2, 0.25) is 0 Å². The van der Waals surface area contributed by atoms with Gasteiger partial charge < -0.3 is 4.57 Å². The molecule has 0 radical (unpaired) electrons. The fourth-order valence-corrected chi connectivity index (χ4v) is 4.07. The van der Waals surface area contributed by atoms with Crippen LogP contribution in [-0.4, -0.2) is 25.3 Å². The van der Waals surface area contributed by atoms with E-state index < -0.39 is 0 Å². The number of Topliss-reactive ketones (excluding diaryl/α,β-unsaturated/α-hetero) is 1. The van der Waals surface area contributed by atoms with Gasteiger partial charge in [-0.25, -0.2) is 18.7 Å². The number of hydrogen-bond acceptors (Lipinski definition) is 4. The molecule has 33 heavy (non-hydrogen) atoms. The maximum atomic E-state index is 13.8. The van der Waals surface area contributed by atoms with Crippen LogP contribution in [0.4, 0.5) is 8.78 Å². The van der Waals surface area contributed by atoms with Crippen molar-refractivity contribution in [1.82, 2.24) is 19.5 Å². The van der Waals surface area contributed by atoms with E-state index in [0.717, 1.165) is 22.3 Å². The van der Waals surface area contributed by atoms with Crippen molar-refractivity contribution in [3.63, 3.8) is 0 Å². The molecule has 0 fully saturated rings. The van der Waals surface area contributed by atoms with Gasteiger partial charge in [-0.15, -0.1) is 0 Å². The van der Waals surface area contributed by atoms with Crippen LogP contribution in [0.5, 0.6) is 0 Å². The fourth-order valence-electron chi connectivity index (χ4n) is 4.07. The molecule has 0 aliphatic rings. The maximum absolute atomic E-state index is 13.8. The number of aryl methyl sites for hydroxylation is 1. The van der Waals surface area contributed by atoms with Gasteiger partial charge in [0.1, 0.15) is 11.6 Å². The second-order valence-corrected chi connectivity index (χ2v) is 7.68. The summed E-state index contributed by atoms with van der Waals surface area (Å²) >= 11 is 0. The average molecular weight is 440 g/mol. The normalized spacial score (nSPS) is 11.2. The first-order valence-electron chi connectivity index (χ1n) is 10.3. The van der Waals surface area contributed by atoms with Gasteiger partial charge in [-0.3, -0.25) is 9.78 Å². The van der Waals surface area contributed by atoms with Crippen LogP contribution in [0.15, 0.2) is 73.1 Å². The summed E-state index contributed by atoms with van der Waals surface area (Å²) in [6.07, 6.45) is 3.35. The number of ketones is 1. The van der Waals surface area contributed by atoms with Gasteiger partial charge in [-0.05, 0) is 59.7 Å². The SMILES string of the molecule is CC(=O)c1nc2nc(-c3ccc(F)cc3)c(-c3ccncc3)c(-c3ccc(F)cc3)c2n1C. The smallest absolute Gasteiger partial charge is 0.195 e. The van der Waals surface area contributed by atoms with E-state index in [-0.39, 0.29) is 23.2 Å². The molecule has 0 bridgehead atoms. The quantitative estimate of drug-likeness (QED) is 0.329. The molecule has 0 saturated heterocycles. The minimum atomic E-state index is -0.360. The van der Waals surface area contributed by atoms with Gasteiger partial charge in [0, 0.05) is 43.1 Å². The van der Waals surface area contributed by atoms with E-state index in [4.69, 9.17) is 4.98 Å². The summed E-state index contributed by atoms with van der Waals surface area (Å²) in [5.41, 5.74) is 5.32. The average Bonchev–Trinajstić information content (AvgIpc) is 3.16. The number of fused-ring (bicyclic) bond motifs is 1. The summed E-state index contributed by atoms with van der Waals surface area (Å²) in [4.78, 5) is 25.7. The van der Waals surface area contributed by atoms with Gasteiger partial charge in [-0.2, -0.15) is 0 Å². The summed E-state index contributed by atoms with van der Waals surface area (Å²) in [5, 5.41) is 0. The van der Waals surface area contributed by atoms with Gasteiger partial charge in [-0.1, -0.05) is 12.1 Å². The Balaban J connectivity index is 1.99. The van der Waals surface area contributed by atoms with Crippen molar-refractivity contribution in [2.75, 3.05) is 0 Å². The first-order chi connectivity index (χ1) is 15.9. The zero-order chi connectivity index (χ0) is 23.1. The van der Waals surface area contributed by atoms with Crippen molar-refractivity contribution in [3.05, 3.63) is 90.5 Å². The van der Waals surface area contributed by atoms with Gasteiger partial charge >= 0.3 is 0 Å². The lowest BCUT2D eigenvalue weighted by atomic mass is 9.90. The van der Waals surface area contributed by atoms with Crippen molar-refractivity contribution >= 4 is 16.9 Å². The Morgan fingerprint density at radius 1 is 0.758 bits per heavy atom. The van der Waals surface area contributed by atoms with Crippen molar-refractivity contribution in [3.8, 4) is 33.5 Å². The predicted octanol–water partition coefficient (Wildman–Crippen LogP) is 5.85. The second kappa shape index (κ2) is 8.02. The Morgan fingerprint density at radius 3 is 1.88 bits per heavy atom. The predicted molar refractivity (Wildman–Crippen MR) is 123 cm³/mol. The maximum Gasteiger partial charge on any atom is 0.195 e. The first-order valence-corrected chi connectivity index (χ1v) is 10.3. The molecular formula is C26H18F2N4O. The molecule has 2 aromatic carbocycles. The molecule has 162 valence electrons. The number of benzene rings is 2. The van der Waals surface area contributed by atoms with Crippen LogP contribution in [0.25, 0.3) is 44.7 Å². The molecule has 0 unspecified atom stereocenters. The Bertz CT molecular complexity index is 1490. The van der Waals surface area contributed by atoms with Crippen LogP contribution in [0.1, 0.15) is 17.5 Å². The van der Waals surface area contributed by atoms with Crippen LogP contribution < -0.4 is 0 Å². The van der Waals surface area contributed by atoms with Crippen LogP contribution >= 0.6 is 0 Å². The minimum absolute atomic E-state index is 0.200.